The van der Waals surface area contributed by atoms with Gasteiger partial charge in [0.25, 0.3) is 0 Å². The smallest absolute Gasteiger partial charge is 0.140 e. The molecule has 0 fully saturated rings. The summed E-state index contributed by atoms with van der Waals surface area (Å²) in [5.41, 5.74) is 1.75. The Labute approximate surface area is 123 Å². The van der Waals surface area contributed by atoms with Crippen LogP contribution in [-0.4, -0.2) is 12.0 Å². The van der Waals surface area contributed by atoms with E-state index in [1.165, 1.54) is 6.07 Å². The Bertz CT molecular complexity index is 667. The van der Waals surface area contributed by atoms with Gasteiger partial charge < -0.3 is 10.1 Å². The molecular formula is C16H16FN3O. The first kappa shape index (κ1) is 14.9. The van der Waals surface area contributed by atoms with Gasteiger partial charge in [-0.3, -0.25) is 0 Å². The lowest BCUT2D eigenvalue weighted by Crippen LogP contribution is -2.13. The summed E-state index contributed by atoms with van der Waals surface area (Å²) in [6, 6.07) is 10.1. The van der Waals surface area contributed by atoms with Crippen LogP contribution in [0.2, 0.25) is 0 Å². The van der Waals surface area contributed by atoms with Crippen molar-refractivity contribution in [2.75, 3.05) is 7.05 Å². The molecule has 108 valence electrons. The van der Waals surface area contributed by atoms with Crippen LogP contribution in [0.25, 0.3) is 0 Å². The van der Waals surface area contributed by atoms with E-state index in [9.17, 15) is 4.39 Å². The lowest BCUT2D eigenvalue weighted by atomic mass is 10.1. The zero-order chi connectivity index (χ0) is 15.2. The molecule has 4 nitrogen and oxygen atoms in total. The van der Waals surface area contributed by atoms with Crippen molar-refractivity contribution < 1.29 is 9.13 Å². The summed E-state index contributed by atoms with van der Waals surface area (Å²) in [6.07, 6.45) is 1.55. The van der Waals surface area contributed by atoms with Gasteiger partial charge in [0.1, 0.15) is 29.9 Å². The third-order valence-electron chi connectivity index (χ3n) is 3.22. The second-order valence-corrected chi connectivity index (χ2v) is 4.64. The van der Waals surface area contributed by atoms with Crippen LogP contribution in [0.15, 0.2) is 36.5 Å². The van der Waals surface area contributed by atoms with Crippen LogP contribution in [0.1, 0.15) is 29.8 Å². The van der Waals surface area contributed by atoms with Gasteiger partial charge >= 0.3 is 0 Å². The van der Waals surface area contributed by atoms with Gasteiger partial charge in [0.05, 0.1) is 0 Å². The van der Waals surface area contributed by atoms with E-state index in [0.29, 0.717) is 17.0 Å². The molecule has 1 N–H and O–H groups in total. The molecule has 5 heteroatoms. The molecule has 0 saturated carbocycles. The second kappa shape index (κ2) is 6.82. The molecule has 1 unspecified atom stereocenters. The molecule has 0 amide bonds. The highest BCUT2D eigenvalue weighted by atomic mass is 19.1. The summed E-state index contributed by atoms with van der Waals surface area (Å²) in [5.74, 6) is 0.150. The van der Waals surface area contributed by atoms with Gasteiger partial charge in [-0.05, 0) is 37.7 Å². The normalized spacial score (nSPS) is 11.7. The number of aromatic nitrogens is 1. The zero-order valence-electron chi connectivity index (χ0n) is 11.9. The van der Waals surface area contributed by atoms with Gasteiger partial charge in [0.2, 0.25) is 0 Å². The Morgan fingerprint density at radius 1 is 1.38 bits per heavy atom. The number of pyridine rings is 1. The fourth-order valence-electron chi connectivity index (χ4n) is 1.90. The van der Waals surface area contributed by atoms with Crippen molar-refractivity contribution in [2.24, 2.45) is 0 Å². The molecule has 2 rings (SSSR count). The lowest BCUT2D eigenvalue weighted by Gasteiger charge is -2.13. The largest absolute Gasteiger partial charge is 0.489 e. The Kier molecular flexibility index (Phi) is 4.85. The van der Waals surface area contributed by atoms with Gasteiger partial charge in [0.15, 0.2) is 0 Å². The highest BCUT2D eigenvalue weighted by Crippen LogP contribution is 2.22. The van der Waals surface area contributed by atoms with Crippen molar-refractivity contribution >= 4 is 0 Å². The Morgan fingerprint density at radius 3 is 2.86 bits per heavy atom. The molecule has 1 aromatic heterocycles. The summed E-state index contributed by atoms with van der Waals surface area (Å²) >= 11 is 0. The fourth-order valence-corrected chi connectivity index (χ4v) is 1.90. The molecule has 21 heavy (non-hydrogen) atoms. The van der Waals surface area contributed by atoms with E-state index in [4.69, 9.17) is 10.00 Å². The number of nitrogens with one attached hydrogen (secondary N) is 1. The van der Waals surface area contributed by atoms with E-state index in [0.717, 1.165) is 5.56 Å². The molecule has 0 aliphatic carbocycles. The van der Waals surface area contributed by atoms with Crippen molar-refractivity contribution in [3.8, 4) is 11.8 Å². The molecule has 2 aromatic rings. The predicted octanol–water partition coefficient (Wildman–Crippen LogP) is 2.95. The number of benzene rings is 1. The summed E-state index contributed by atoms with van der Waals surface area (Å²) in [7, 11) is 1.78. The van der Waals surface area contributed by atoms with E-state index in [2.05, 4.69) is 10.3 Å². The molecular weight excluding hydrogens is 269 g/mol. The Morgan fingerprint density at radius 2 is 2.19 bits per heavy atom. The number of hydrogen-bond acceptors (Lipinski definition) is 4. The molecule has 1 heterocycles. The average molecular weight is 285 g/mol. The molecule has 0 aliphatic rings. The van der Waals surface area contributed by atoms with Crippen LogP contribution < -0.4 is 10.1 Å². The summed E-state index contributed by atoms with van der Waals surface area (Å²) < 4.78 is 19.5. The van der Waals surface area contributed by atoms with E-state index >= 15 is 0 Å². The quantitative estimate of drug-likeness (QED) is 0.917. The van der Waals surface area contributed by atoms with E-state index in [-0.39, 0.29) is 18.5 Å². The zero-order valence-corrected chi connectivity index (χ0v) is 11.9. The SMILES string of the molecule is CNC(C)c1ccc(OCc2ccnc(C#N)c2)cc1F. The van der Waals surface area contributed by atoms with Crippen LogP contribution in [0, 0.1) is 17.1 Å². The van der Waals surface area contributed by atoms with Gasteiger partial charge in [-0.25, -0.2) is 9.37 Å². The van der Waals surface area contributed by atoms with E-state index in [1.807, 2.05) is 13.0 Å². The van der Waals surface area contributed by atoms with Gasteiger partial charge in [-0.1, -0.05) is 6.07 Å². The van der Waals surface area contributed by atoms with Crippen molar-refractivity contribution in [2.45, 2.75) is 19.6 Å². The maximum atomic E-state index is 14.0. The molecule has 1 aromatic carbocycles. The average Bonchev–Trinajstić information content (AvgIpc) is 2.52. The third kappa shape index (κ3) is 3.77. The van der Waals surface area contributed by atoms with Crippen molar-refractivity contribution in [1.82, 2.24) is 10.3 Å². The fraction of sp³-hybridized carbons (Fsp3) is 0.250. The molecule has 0 spiro atoms. The topological polar surface area (TPSA) is 57.9 Å². The number of hydrogen-bond donors (Lipinski definition) is 1. The second-order valence-electron chi connectivity index (χ2n) is 4.64. The standard InChI is InChI=1S/C16H16FN3O/c1-11(19-2)15-4-3-14(8-16(15)17)21-10-12-5-6-20-13(7-12)9-18/h3-8,11,19H,10H2,1-2H3. The van der Waals surface area contributed by atoms with Crippen LogP contribution in [-0.2, 0) is 6.61 Å². The van der Waals surface area contributed by atoms with Gasteiger partial charge in [0, 0.05) is 23.9 Å². The highest BCUT2D eigenvalue weighted by molar-refractivity contribution is 5.31. The molecule has 1 atom stereocenters. The minimum atomic E-state index is -0.304. The number of ether oxygens (including phenoxy) is 1. The third-order valence-corrected chi connectivity index (χ3v) is 3.22. The predicted molar refractivity (Wildman–Crippen MR) is 77.2 cm³/mol. The Balaban J connectivity index is 2.07. The van der Waals surface area contributed by atoms with E-state index in [1.54, 1.807) is 37.5 Å². The van der Waals surface area contributed by atoms with Crippen LogP contribution in [0.3, 0.4) is 0 Å². The van der Waals surface area contributed by atoms with Gasteiger partial charge in [-0.15, -0.1) is 0 Å². The first-order valence-electron chi connectivity index (χ1n) is 6.58. The summed E-state index contributed by atoms with van der Waals surface area (Å²) in [4.78, 5) is 3.88. The summed E-state index contributed by atoms with van der Waals surface area (Å²) in [6.45, 7) is 2.15. The number of halogens is 1. The van der Waals surface area contributed by atoms with Gasteiger partial charge in [-0.2, -0.15) is 5.26 Å². The molecule has 0 radical (unpaired) electrons. The number of nitrogens with zero attached hydrogens (tertiary/aromatic N) is 2. The van der Waals surface area contributed by atoms with Crippen molar-refractivity contribution in [3.63, 3.8) is 0 Å². The monoisotopic (exact) mass is 285 g/mol. The van der Waals surface area contributed by atoms with Crippen molar-refractivity contribution in [3.05, 3.63) is 59.2 Å². The minimum absolute atomic E-state index is 0.0579. The molecule has 0 aliphatic heterocycles. The number of nitriles is 1. The van der Waals surface area contributed by atoms with Crippen LogP contribution >= 0.6 is 0 Å². The summed E-state index contributed by atoms with van der Waals surface area (Å²) in [5, 5.41) is 11.8. The Hall–Kier alpha value is -2.45. The number of rotatable bonds is 5. The highest BCUT2D eigenvalue weighted by Gasteiger charge is 2.10. The first-order valence-corrected chi connectivity index (χ1v) is 6.58. The molecule has 0 bridgehead atoms. The van der Waals surface area contributed by atoms with E-state index < -0.39 is 0 Å². The maximum absolute atomic E-state index is 14.0. The minimum Gasteiger partial charge on any atom is -0.489 e. The first-order chi connectivity index (χ1) is 10.1. The molecule has 0 saturated heterocycles. The van der Waals surface area contributed by atoms with Crippen LogP contribution in [0.4, 0.5) is 4.39 Å². The van der Waals surface area contributed by atoms with Crippen LogP contribution in [0.5, 0.6) is 5.75 Å². The lowest BCUT2D eigenvalue weighted by molar-refractivity contribution is 0.304. The van der Waals surface area contributed by atoms with Crippen molar-refractivity contribution in [1.29, 1.82) is 5.26 Å². The maximum Gasteiger partial charge on any atom is 0.140 e.